The molecule has 0 radical (unpaired) electrons. The number of aliphatic hydroxyl groups is 1. The van der Waals surface area contributed by atoms with Crippen molar-refractivity contribution in [2.45, 2.75) is 13.0 Å². The Hall–Kier alpha value is -3.31. The van der Waals surface area contributed by atoms with Gasteiger partial charge in [-0.2, -0.15) is 0 Å². The molecular weight excluding hydrogens is 336 g/mol. The lowest BCUT2D eigenvalue weighted by Crippen LogP contribution is -2.00. The molecule has 0 unspecified atom stereocenters. The molecule has 5 heteroatoms. The predicted molar refractivity (Wildman–Crippen MR) is 110 cm³/mol. The van der Waals surface area contributed by atoms with Crippen LogP contribution in [0, 0.1) is 0 Å². The van der Waals surface area contributed by atoms with E-state index in [2.05, 4.69) is 57.2 Å². The number of nitrogens with one attached hydrogen (secondary N) is 2. The van der Waals surface area contributed by atoms with Gasteiger partial charge < -0.3 is 19.9 Å². The molecule has 0 aliphatic rings. The molecule has 5 nitrogen and oxygen atoms in total. The van der Waals surface area contributed by atoms with E-state index in [0.717, 1.165) is 39.4 Å². The molecule has 3 aromatic carbocycles. The molecule has 0 amide bonds. The number of aromatic nitrogens is 4. The number of aromatic amines is 2. The number of H-pyrrole nitrogens is 2. The number of aryl methyl sites for hydroxylation is 1. The fourth-order valence-corrected chi connectivity index (χ4v) is 4.51. The molecule has 27 heavy (non-hydrogen) atoms. The van der Waals surface area contributed by atoms with Gasteiger partial charge in [0.25, 0.3) is 0 Å². The Morgan fingerprint density at radius 1 is 0.926 bits per heavy atom. The van der Waals surface area contributed by atoms with Gasteiger partial charge in [0.05, 0.1) is 22.1 Å². The van der Waals surface area contributed by atoms with E-state index in [1.807, 2.05) is 12.3 Å². The standard InChI is InChI=1S/C22H18N4O/c27-11-5-10-26-17-9-4-2-7-14(17)18-15-12-23-25-20(15)19-13-6-1-3-8-16(13)24-21(19)22(18)26/h1-4,6-9,12,23,25,27H,5,10-11H2. The van der Waals surface area contributed by atoms with Crippen LogP contribution in [0.15, 0.2) is 54.7 Å². The molecule has 0 aliphatic heterocycles. The summed E-state index contributed by atoms with van der Waals surface area (Å²) in [4.78, 5) is 5.02. The number of aliphatic hydroxyl groups excluding tert-OH is 1. The smallest absolute Gasteiger partial charge is 0.0981 e. The summed E-state index contributed by atoms with van der Waals surface area (Å²) >= 11 is 0. The maximum absolute atomic E-state index is 9.44. The van der Waals surface area contributed by atoms with Crippen molar-refractivity contribution in [2.75, 3.05) is 6.61 Å². The number of hydrogen-bond acceptors (Lipinski definition) is 2. The van der Waals surface area contributed by atoms with Crippen molar-refractivity contribution in [3.05, 3.63) is 54.7 Å². The van der Waals surface area contributed by atoms with Gasteiger partial charge in [-0.25, -0.2) is 4.98 Å². The summed E-state index contributed by atoms with van der Waals surface area (Å²) in [5, 5.41) is 21.9. The zero-order chi connectivity index (χ0) is 18.0. The Balaban J connectivity index is 1.96. The van der Waals surface area contributed by atoms with E-state index >= 15 is 0 Å². The lowest BCUT2D eigenvalue weighted by molar-refractivity contribution is 0.281. The summed E-state index contributed by atoms with van der Waals surface area (Å²) in [6, 6.07) is 16.8. The van der Waals surface area contributed by atoms with E-state index in [4.69, 9.17) is 4.98 Å². The average molecular weight is 354 g/mol. The summed E-state index contributed by atoms with van der Waals surface area (Å²) in [5.74, 6) is 0. The molecule has 3 aromatic heterocycles. The normalized spacial score (nSPS) is 12.3. The first-order valence-corrected chi connectivity index (χ1v) is 9.26. The van der Waals surface area contributed by atoms with Crippen LogP contribution in [0.25, 0.3) is 54.5 Å². The third-order valence-electron chi connectivity index (χ3n) is 5.58. The van der Waals surface area contributed by atoms with E-state index in [1.54, 1.807) is 0 Å². The fraction of sp³-hybridized carbons (Fsp3) is 0.136. The number of nitrogens with zero attached hydrogens (tertiary/aromatic N) is 2. The van der Waals surface area contributed by atoms with Crippen molar-refractivity contribution in [3.63, 3.8) is 0 Å². The van der Waals surface area contributed by atoms with Crippen molar-refractivity contribution in [3.8, 4) is 0 Å². The van der Waals surface area contributed by atoms with Gasteiger partial charge in [-0.3, -0.25) is 0 Å². The second-order valence-electron chi connectivity index (χ2n) is 7.02. The molecule has 0 spiro atoms. The van der Waals surface area contributed by atoms with Gasteiger partial charge in [-0.15, -0.1) is 0 Å². The van der Waals surface area contributed by atoms with Crippen molar-refractivity contribution < 1.29 is 5.11 Å². The highest BCUT2D eigenvalue weighted by Gasteiger charge is 2.21. The van der Waals surface area contributed by atoms with Crippen LogP contribution in [0.5, 0.6) is 0 Å². The summed E-state index contributed by atoms with van der Waals surface area (Å²) in [6.45, 7) is 0.937. The molecule has 3 heterocycles. The summed E-state index contributed by atoms with van der Waals surface area (Å²) < 4.78 is 2.32. The van der Waals surface area contributed by atoms with Gasteiger partial charge in [0.1, 0.15) is 0 Å². The molecule has 0 saturated carbocycles. The SMILES string of the molecule is OCCCn1c2ccccc2c2c3c[nH][nH]c3c3c4ccccc4nc3c21. The Bertz CT molecular complexity index is 1470. The number of rotatable bonds is 3. The monoisotopic (exact) mass is 354 g/mol. The third-order valence-corrected chi connectivity index (χ3v) is 5.58. The van der Waals surface area contributed by atoms with Crippen LogP contribution in [0.1, 0.15) is 6.42 Å². The van der Waals surface area contributed by atoms with Gasteiger partial charge in [-0.05, 0) is 18.6 Å². The topological polar surface area (TPSA) is 69.6 Å². The highest BCUT2D eigenvalue weighted by atomic mass is 16.3. The molecule has 0 fully saturated rings. The van der Waals surface area contributed by atoms with E-state index in [-0.39, 0.29) is 6.61 Å². The summed E-state index contributed by atoms with van der Waals surface area (Å²) in [5.41, 5.74) is 5.45. The molecule has 3 N–H and O–H groups in total. The van der Waals surface area contributed by atoms with Crippen LogP contribution in [-0.2, 0) is 6.54 Å². The van der Waals surface area contributed by atoms with Crippen LogP contribution < -0.4 is 0 Å². The van der Waals surface area contributed by atoms with Crippen LogP contribution >= 0.6 is 0 Å². The second-order valence-corrected chi connectivity index (χ2v) is 7.02. The average Bonchev–Trinajstić information content (AvgIpc) is 3.39. The Labute approximate surface area is 154 Å². The molecule has 0 atom stereocenters. The number of fused-ring (bicyclic) bond motifs is 10. The molecule has 0 bridgehead atoms. The molecule has 6 rings (SSSR count). The lowest BCUT2D eigenvalue weighted by atomic mass is 10.0. The van der Waals surface area contributed by atoms with E-state index in [9.17, 15) is 5.11 Å². The van der Waals surface area contributed by atoms with Crippen LogP contribution in [0.3, 0.4) is 0 Å². The lowest BCUT2D eigenvalue weighted by Gasteiger charge is -2.07. The van der Waals surface area contributed by atoms with Crippen LogP contribution in [0.2, 0.25) is 0 Å². The highest BCUT2D eigenvalue weighted by Crippen LogP contribution is 2.42. The van der Waals surface area contributed by atoms with Gasteiger partial charge >= 0.3 is 0 Å². The number of benzene rings is 3. The molecule has 6 aromatic rings. The Morgan fingerprint density at radius 2 is 1.74 bits per heavy atom. The summed E-state index contributed by atoms with van der Waals surface area (Å²) in [7, 11) is 0. The minimum atomic E-state index is 0.174. The second kappa shape index (κ2) is 5.34. The first kappa shape index (κ1) is 14.8. The Morgan fingerprint density at radius 3 is 2.63 bits per heavy atom. The van der Waals surface area contributed by atoms with Crippen molar-refractivity contribution >= 4 is 54.5 Å². The maximum Gasteiger partial charge on any atom is 0.0981 e. The molecule has 0 aliphatic carbocycles. The quantitative estimate of drug-likeness (QED) is 0.431. The number of para-hydroxylation sites is 2. The molecular formula is C22H18N4O. The highest BCUT2D eigenvalue weighted by molar-refractivity contribution is 6.34. The zero-order valence-electron chi connectivity index (χ0n) is 14.7. The maximum atomic E-state index is 9.44. The Kier molecular flexibility index (Phi) is 2.93. The first-order valence-electron chi connectivity index (χ1n) is 9.26. The molecule has 0 saturated heterocycles. The van der Waals surface area contributed by atoms with Crippen molar-refractivity contribution in [1.82, 2.24) is 19.7 Å². The zero-order valence-corrected chi connectivity index (χ0v) is 14.7. The van der Waals surface area contributed by atoms with Gasteiger partial charge in [0.2, 0.25) is 0 Å². The fourth-order valence-electron chi connectivity index (χ4n) is 4.51. The third kappa shape index (κ3) is 1.84. The predicted octanol–water partition coefficient (Wildman–Crippen LogP) is 4.69. The minimum absolute atomic E-state index is 0.174. The molecule has 132 valence electrons. The largest absolute Gasteiger partial charge is 0.396 e. The minimum Gasteiger partial charge on any atom is -0.396 e. The van der Waals surface area contributed by atoms with Gasteiger partial charge in [-0.1, -0.05) is 36.4 Å². The van der Waals surface area contributed by atoms with E-state index in [0.29, 0.717) is 6.42 Å². The van der Waals surface area contributed by atoms with Crippen LogP contribution in [0.4, 0.5) is 0 Å². The number of hydrogen-bond donors (Lipinski definition) is 3. The summed E-state index contributed by atoms with van der Waals surface area (Å²) in [6.07, 6.45) is 2.76. The van der Waals surface area contributed by atoms with Gasteiger partial charge in [0, 0.05) is 51.8 Å². The van der Waals surface area contributed by atoms with Gasteiger partial charge in [0.15, 0.2) is 0 Å². The van der Waals surface area contributed by atoms with Crippen molar-refractivity contribution in [1.29, 1.82) is 0 Å². The first-order chi connectivity index (χ1) is 13.4. The van der Waals surface area contributed by atoms with Crippen LogP contribution in [-0.4, -0.2) is 31.5 Å². The van der Waals surface area contributed by atoms with Crippen molar-refractivity contribution in [2.24, 2.45) is 0 Å². The van der Waals surface area contributed by atoms with E-state index < -0.39 is 0 Å². The van der Waals surface area contributed by atoms with E-state index in [1.165, 1.54) is 21.7 Å².